The number of benzene rings is 1. The predicted octanol–water partition coefficient (Wildman–Crippen LogP) is 2.10. The van der Waals surface area contributed by atoms with E-state index in [2.05, 4.69) is 9.97 Å². The number of hydrogen-bond donors (Lipinski definition) is 1. The van der Waals surface area contributed by atoms with Gasteiger partial charge in [-0.15, -0.1) is 0 Å². The molecule has 1 atom stereocenters. The summed E-state index contributed by atoms with van der Waals surface area (Å²) in [5.41, 5.74) is 8.68. The van der Waals surface area contributed by atoms with Gasteiger partial charge in [-0.2, -0.15) is 0 Å². The van der Waals surface area contributed by atoms with Gasteiger partial charge in [-0.05, 0) is 44.9 Å². The van der Waals surface area contributed by atoms with E-state index in [-0.39, 0.29) is 17.7 Å². The Bertz CT molecular complexity index is 781. The molecule has 0 spiro atoms. The Morgan fingerprint density at radius 2 is 1.76 bits per heavy atom. The van der Waals surface area contributed by atoms with Gasteiger partial charge in [-0.3, -0.25) is 9.59 Å². The zero-order valence-electron chi connectivity index (χ0n) is 14.5. The molecule has 0 unspecified atom stereocenters. The second-order valence-corrected chi connectivity index (χ2v) is 6.54. The summed E-state index contributed by atoms with van der Waals surface area (Å²) in [5.74, 6) is 0.00237. The minimum atomic E-state index is -0.334. The number of amides is 2. The van der Waals surface area contributed by atoms with Gasteiger partial charge in [0, 0.05) is 35.6 Å². The molecule has 25 heavy (non-hydrogen) atoms. The van der Waals surface area contributed by atoms with Crippen LogP contribution in [0.2, 0.25) is 0 Å². The van der Waals surface area contributed by atoms with Crippen molar-refractivity contribution in [2.24, 2.45) is 11.7 Å². The lowest BCUT2D eigenvalue weighted by Gasteiger charge is -2.31. The van der Waals surface area contributed by atoms with E-state index in [9.17, 15) is 9.59 Å². The van der Waals surface area contributed by atoms with Crippen molar-refractivity contribution in [1.82, 2.24) is 14.9 Å². The summed E-state index contributed by atoms with van der Waals surface area (Å²) >= 11 is 0. The molecular weight excluding hydrogens is 316 g/mol. The van der Waals surface area contributed by atoms with E-state index in [1.54, 1.807) is 17.0 Å². The molecule has 1 saturated heterocycles. The van der Waals surface area contributed by atoms with E-state index >= 15 is 0 Å². The van der Waals surface area contributed by atoms with Crippen molar-refractivity contribution in [3.05, 3.63) is 47.3 Å². The Labute approximate surface area is 147 Å². The first kappa shape index (κ1) is 17.1. The Morgan fingerprint density at radius 3 is 2.36 bits per heavy atom. The maximum atomic E-state index is 12.7. The first-order chi connectivity index (χ1) is 11.9. The number of carbonyl (C=O) groups is 2. The number of primary amides is 1. The fourth-order valence-corrected chi connectivity index (χ4v) is 3.19. The van der Waals surface area contributed by atoms with Crippen molar-refractivity contribution in [2.75, 3.05) is 13.1 Å². The highest BCUT2D eigenvalue weighted by Gasteiger charge is 2.27. The van der Waals surface area contributed by atoms with Crippen molar-refractivity contribution in [1.29, 1.82) is 0 Å². The molecule has 1 fully saturated rings. The van der Waals surface area contributed by atoms with Gasteiger partial charge in [0.05, 0.1) is 5.92 Å². The third-order valence-electron chi connectivity index (χ3n) is 4.48. The van der Waals surface area contributed by atoms with E-state index in [1.807, 2.05) is 32.0 Å². The van der Waals surface area contributed by atoms with Gasteiger partial charge in [0.15, 0.2) is 5.82 Å². The first-order valence-corrected chi connectivity index (χ1v) is 8.45. The summed E-state index contributed by atoms with van der Waals surface area (Å²) in [6.45, 7) is 4.92. The third kappa shape index (κ3) is 3.84. The van der Waals surface area contributed by atoms with Crippen LogP contribution < -0.4 is 5.73 Å². The molecule has 130 valence electrons. The summed E-state index contributed by atoms with van der Waals surface area (Å²) < 4.78 is 0. The van der Waals surface area contributed by atoms with Crippen LogP contribution in [0.1, 0.15) is 34.6 Å². The average Bonchev–Trinajstić information content (AvgIpc) is 2.60. The Morgan fingerprint density at radius 1 is 1.12 bits per heavy atom. The van der Waals surface area contributed by atoms with E-state index in [4.69, 9.17) is 5.73 Å². The highest BCUT2D eigenvalue weighted by Crippen LogP contribution is 2.21. The maximum absolute atomic E-state index is 12.7. The summed E-state index contributed by atoms with van der Waals surface area (Å²) in [6, 6.07) is 9.21. The van der Waals surface area contributed by atoms with Crippen LogP contribution in [0.15, 0.2) is 30.3 Å². The number of likely N-dealkylation sites (tertiary alicyclic amines) is 1. The second-order valence-electron chi connectivity index (χ2n) is 6.54. The summed E-state index contributed by atoms with van der Waals surface area (Å²) in [6.07, 6.45) is 1.55. The number of nitrogens with zero attached hydrogens (tertiary/aromatic N) is 3. The van der Waals surface area contributed by atoms with E-state index in [0.717, 1.165) is 29.8 Å². The molecule has 6 nitrogen and oxygen atoms in total. The van der Waals surface area contributed by atoms with Crippen LogP contribution in [0.3, 0.4) is 0 Å². The molecule has 2 heterocycles. The quantitative estimate of drug-likeness (QED) is 0.928. The highest BCUT2D eigenvalue weighted by atomic mass is 16.2. The topological polar surface area (TPSA) is 89.2 Å². The molecule has 0 saturated carbocycles. The Hall–Kier alpha value is -2.76. The Balaban J connectivity index is 1.77. The predicted molar refractivity (Wildman–Crippen MR) is 94.8 cm³/mol. The zero-order chi connectivity index (χ0) is 18.0. The van der Waals surface area contributed by atoms with Gasteiger partial charge in [-0.1, -0.05) is 12.1 Å². The minimum absolute atomic E-state index is 0.0705. The molecule has 2 N–H and O–H groups in total. The van der Waals surface area contributed by atoms with Crippen molar-refractivity contribution < 1.29 is 9.59 Å². The van der Waals surface area contributed by atoms with Gasteiger partial charge in [0.1, 0.15) is 0 Å². The highest BCUT2D eigenvalue weighted by molar-refractivity contribution is 5.95. The molecule has 0 aliphatic carbocycles. The number of rotatable bonds is 3. The zero-order valence-corrected chi connectivity index (χ0v) is 14.5. The van der Waals surface area contributed by atoms with Crippen LogP contribution in [-0.2, 0) is 4.79 Å². The molecular formula is C19H22N4O2. The average molecular weight is 338 g/mol. The smallest absolute Gasteiger partial charge is 0.253 e. The molecule has 1 aromatic carbocycles. The molecule has 1 aromatic heterocycles. The number of piperidine rings is 1. The number of carbonyl (C=O) groups excluding carboxylic acids is 2. The molecule has 2 aromatic rings. The normalized spacial score (nSPS) is 17.4. The molecule has 2 amide bonds. The Kier molecular flexibility index (Phi) is 4.79. The molecule has 3 rings (SSSR count). The number of hydrogen-bond acceptors (Lipinski definition) is 4. The van der Waals surface area contributed by atoms with Crippen molar-refractivity contribution in [3.8, 4) is 11.4 Å². The second kappa shape index (κ2) is 7.01. The summed E-state index contributed by atoms with van der Waals surface area (Å²) in [7, 11) is 0. The molecule has 1 aliphatic heterocycles. The van der Waals surface area contributed by atoms with Gasteiger partial charge < -0.3 is 10.6 Å². The lowest BCUT2D eigenvalue weighted by Crippen LogP contribution is -2.44. The largest absolute Gasteiger partial charge is 0.369 e. The van der Waals surface area contributed by atoms with Gasteiger partial charge in [0.2, 0.25) is 5.91 Å². The fourth-order valence-electron chi connectivity index (χ4n) is 3.19. The molecule has 6 heteroatoms. The van der Waals surface area contributed by atoms with Crippen molar-refractivity contribution in [3.63, 3.8) is 0 Å². The number of nitrogens with two attached hydrogens (primary N) is 1. The number of aryl methyl sites for hydroxylation is 2. The van der Waals surface area contributed by atoms with Gasteiger partial charge in [0.25, 0.3) is 5.91 Å². The molecule has 0 bridgehead atoms. The standard InChI is InChI=1S/C19H22N4O2/c1-12-10-13(2)22-18(21-12)14-5-7-15(8-6-14)19(25)23-9-3-4-16(11-23)17(20)24/h5-8,10,16H,3-4,9,11H2,1-2H3,(H2,20,24)/t16-/m0/s1. The van der Waals surface area contributed by atoms with Crippen LogP contribution in [0.4, 0.5) is 0 Å². The lowest BCUT2D eigenvalue weighted by molar-refractivity contribution is -0.123. The molecule has 0 radical (unpaired) electrons. The van der Waals surface area contributed by atoms with Gasteiger partial charge in [-0.25, -0.2) is 9.97 Å². The van der Waals surface area contributed by atoms with Crippen LogP contribution in [0.5, 0.6) is 0 Å². The summed E-state index contributed by atoms with van der Waals surface area (Å²) in [5, 5.41) is 0. The van der Waals surface area contributed by atoms with Crippen molar-refractivity contribution >= 4 is 11.8 Å². The SMILES string of the molecule is Cc1cc(C)nc(-c2ccc(C(=O)N3CCC[C@H](C(N)=O)C3)cc2)n1. The van der Waals surface area contributed by atoms with E-state index < -0.39 is 0 Å². The molecule has 1 aliphatic rings. The van der Waals surface area contributed by atoms with E-state index in [0.29, 0.717) is 24.5 Å². The monoisotopic (exact) mass is 338 g/mol. The van der Waals surface area contributed by atoms with Crippen LogP contribution in [0.25, 0.3) is 11.4 Å². The van der Waals surface area contributed by atoms with Crippen LogP contribution in [-0.4, -0.2) is 39.8 Å². The van der Waals surface area contributed by atoms with Gasteiger partial charge >= 0.3 is 0 Å². The minimum Gasteiger partial charge on any atom is -0.369 e. The summed E-state index contributed by atoms with van der Waals surface area (Å²) in [4.78, 5) is 34.6. The maximum Gasteiger partial charge on any atom is 0.253 e. The number of aromatic nitrogens is 2. The fraction of sp³-hybridized carbons (Fsp3) is 0.368. The van der Waals surface area contributed by atoms with Crippen LogP contribution >= 0.6 is 0 Å². The lowest BCUT2D eigenvalue weighted by atomic mass is 9.97. The van der Waals surface area contributed by atoms with E-state index in [1.165, 1.54) is 0 Å². The van der Waals surface area contributed by atoms with Crippen LogP contribution in [0, 0.1) is 19.8 Å². The van der Waals surface area contributed by atoms with Crippen molar-refractivity contribution in [2.45, 2.75) is 26.7 Å². The third-order valence-corrected chi connectivity index (χ3v) is 4.48. The first-order valence-electron chi connectivity index (χ1n) is 8.45.